The Kier molecular flexibility index (Phi) is 5.81. The fourth-order valence-corrected chi connectivity index (χ4v) is 2.63. The fourth-order valence-electron chi connectivity index (χ4n) is 1.43. The van der Waals surface area contributed by atoms with Crippen molar-refractivity contribution < 1.29 is 5.11 Å². The quantitative estimate of drug-likeness (QED) is 0.581. The van der Waals surface area contributed by atoms with Gasteiger partial charge in [-0.1, -0.05) is 38.5 Å². The zero-order valence-corrected chi connectivity index (χ0v) is 10.4. The third-order valence-corrected chi connectivity index (χ3v) is 3.60. The van der Waals surface area contributed by atoms with Gasteiger partial charge < -0.3 is 5.11 Å². The van der Waals surface area contributed by atoms with Crippen molar-refractivity contribution in [3.63, 3.8) is 0 Å². The van der Waals surface area contributed by atoms with E-state index in [1.165, 1.54) is 17.7 Å². The first kappa shape index (κ1) is 12.6. The summed E-state index contributed by atoms with van der Waals surface area (Å²) in [5.41, 5.74) is 1.08. The van der Waals surface area contributed by atoms with E-state index in [-0.39, 0.29) is 6.10 Å². The van der Waals surface area contributed by atoms with E-state index in [1.54, 1.807) is 0 Å². The van der Waals surface area contributed by atoms with Crippen LogP contribution in [0.15, 0.2) is 29.2 Å². The summed E-state index contributed by atoms with van der Waals surface area (Å²) in [5.74, 6) is 1.14. The van der Waals surface area contributed by atoms with Crippen LogP contribution < -0.4 is 0 Å². The van der Waals surface area contributed by atoms with E-state index in [1.807, 2.05) is 36.9 Å². The van der Waals surface area contributed by atoms with E-state index in [9.17, 15) is 5.11 Å². The molecule has 1 aromatic carbocycles. The normalized spacial score (nSPS) is 12.7. The van der Waals surface area contributed by atoms with Crippen molar-refractivity contribution in [2.45, 2.75) is 44.1 Å². The highest BCUT2D eigenvalue weighted by atomic mass is 32.2. The highest BCUT2D eigenvalue weighted by Crippen LogP contribution is 2.29. The summed E-state index contributed by atoms with van der Waals surface area (Å²) >= 11 is 1.86. The number of hydrogen-bond donors (Lipinski definition) is 1. The lowest BCUT2D eigenvalue weighted by Gasteiger charge is -2.13. The Hall–Kier alpha value is -0.470. The minimum atomic E-state index is -0.310. The topological polar surface area (TPSA) is 20.2 Å². The van der Waals surface area contributed by atoms with E-state index in [2.05, 4.69) is 13.0 Å². The van der Waals surface area contributed by atoms with Gasteiger partial charge in [-0.05, 0) is 30.2 Å². The van der Waals surface area contributed by atoms with E-state index in [0.717, 1.165) is 17.7 Å². The highest BCUT2D eigenvalue weighted by molar-refractivity contribution is 7.99. The Morgan fingerprint density at radius 1 is 1.27 bits per heavy atom. The number of aliphatic hydroxyl groups excluding tert-OH is 1. The van der Waals surface area contributed by atoms with Crippen LogP contribution in [0.5, 0.6) is 0 Å². The Morgan fingerprint density at radius 2 is 2.00 bits per heavy atom. The summed E-state index contributed by atoms with van der Waals surface area (Å²) in [6.45, 7) is 4.21. The summed E-state index contributed by atoms with van der Waals surface area (Å²) in [7, 11) is 0. The minimum absolute atomic E-state index is 0.310. The van der Waals surface area contributed by atoms with Crippen LogP contribution in [0.25, 0.3) is 0 Å². The largest absolute Gasteiger partial charge is 0.388 e. The molecule has 0 amide bonds. The predicted molar refractivity (Wildman–Crippen MR) is 67.3 cm³/mol. The van der Waals surface area contributed by atoms with Gasteiger partial charge in [0.1, 0.15) is 0 Å². The van der Waals surface area contributed by atoms with Gasteiger partial charge >= 0.3 is 0 Å². The van der Waals surface area contributed by atoms with Crippen LogP contribution in [0.1, 0.15) is 44.8 Å². The van der Waals surface area contributed by atoms with Crippen LogP contribution in [0.4, 0.5) is 0 Å². The molecule has 0 saturated carbocycles. The van der Waals surface area contributed by atoms with Crippen molar-refractivity contribution in [3.05, 3.63) is 29.8 Å². The molecule has 1 rings (SSSR count). The van der Waals surface area contributed by atoms with E-state index in [4.69, 9.17) is 0 Å². The van der Waals surface area contributed by atoms with Crippen molar-refractivity contribution in [2.24, 2.45) is 0 Å². The molecule has 0 aromatic heterocycles. The smallest absolute Gasteiger partial charge is 0.0798 e. The predicted octanol–water partition coefficient (Wildman–Crippen LogP) is 4.02. The van der Waals surface area contributed by atoms with E-state index >= 15 is 0 Å². The highest BCUT2D eigenvalue weighted by Gasteiger charge is 2.09. The number of unbranched alkanes of at least 4 members (excludes halogenated alkanes) is 1. The van der Waals surface area contributed by atoms with Crippen LogP contribution in [-0.2, 0) is 0 Å². The molecular formula is C13H20OS. The molecule has 0 heterocycles. The second-order valence-electron chi connectivity index (χ2n) is 3.66. The monoisotopic (exact) mass is 224 g/mol. The maximum absolute atomic E-state index is 9.85. The first-order valence-corrected chi connectivity index (χ1v) is 6.68. The van der Waals surface area contributed by atoms with Crippen molar-refractivity contribution in [3.8, 4) is 0 Å². The number of rotatable bonds is 6. The molecule has 0 spiro atoms. The summed E-state index contributed by atoms with van der Waals surface area (Å²) in [4.78, 5) is 1.24. The lowest BCUT2D eigenvalue weighted by Crippen LogP contribution is -1.97. The summed E-state index contributed by atoms with van der Waals surface area (Å²) in [6.07, 6.45) is 2.94. The molecule has 1 atom stereocenters. The van der Waals surface area contributed by atoms with Crippen molar-refractivity contribution in [2.75, 3.05) is 5.75 Å². The average Bonchev–Trinajstić information content (AvgIpc) is 2.29. The molecular weight excluding hydrogens is 204 g/mol. The first-order chi connectivity index (χ1) is 7.29. The zero-order chi connectivity index (χ0) is 11.1. The SMILES string of the molecule is CCCCSc1ccccc1[C@H](O)CC. The van der Waals surface area contributed by atoms with Crippen LogP contribution in [0.3, 0.4) is 0 Å². The second-order valence-corrected chi connectivity index (χ2v) is 4.80. The molecule has 0 bridgehead atoms. The molecule has 0 aliphatic rings. The molecule has 1 N–H and O–H groups in total. The van der Waals surface area contributed by atoms with E-state index < -0.39 is 0 Å². The van der Waals surface area contributed by atoms with Gasteiger partial charge in [-0.2, -0.15) is 0 Å². The standard InChI is InChI=1S/C13H20OS/c1-3-5-10-15-13-9-7-6-8-11(13)12(14)4-2/h6-9,12,14H,3-5,10H2,1-2H3/t12-/m1/s1. The molecule has 1 nitrogen and oxygen atoms in total. The van der Waals surface area contributed by atoms with Gasteiger partial charge in [-0.3, -0.25) is 0 Å². The Bertz CT molecular complexity index is 286. The van der Waals surface area contributed by atoms with Gasteiger partial charge in [0, 0.05) is 4.90 Å². The van der Waals surface area contributed by atoms with Crippen LogP contribution in [0, 0.1) is 0 Å². The van der Waals surface area contributed by atoms with Crippen molar-refractivity contribution in [1.29, 1.82) is 0 Å². The lowest BCUT2D eigenvalue weighted by atomic mass is 10.1. The van der Waals surface area contributed by atoms with Crippen molar-refractivity contribution in [1.82, 2.24) is 0 Å². The average molecular weight is 224 g/mol. The van der Waals surface area contributed by atoms with E-state index in [0.29, 0.717) is 0 Å². The summed E-state index contributed by atoms with van der Waals surface area (Å²) < 4.78 is 0. The summed E-state index contributed by atoms with van der Waals surface area (Å²) in [6, 6.07) is 8.18. The third-order valence-electron chi connectivity index (χ3n) is 2.42. The zero-order valence-electron chi connectivity index (χ0n) is 9.57. The molecule has 84 valence electrons. The third kappa shape index (κ3) is 3.88. The van der Waals surface area contributed by atoms with Gasteiger partial charge in [0.15, 0.2) is 0 Å². The second kappa shape index (κ2) is 6.91. The molecule has 2 heteroatoms. The molecule has 1 aromatic rings. The number of thioether (sulfide) groups is 1. The van der Waals surface area contributed by atoms with Crippen LogP contribution in [-0.4, -0.2) is 10.9 Å². The molecule has 15 heavy (non-hydrogen) atoms. The molecule has 0 aliphatic heterocycles. The first-order valence-electron chi connectivity index (χ1n) is 5.69. The maximum atomic E-state index is 9.85. The number of hydrogen-bond acceptors (Lipinski definition) is 2. The molecule has 0 unspecified atom stereocenters. The van der Waals surface area contributed by atoms with Gasteiger partial charge in [-0.25, -0.2) is 0 Å². The minimum Gasteiger partial charge on any atom is -0.388 e. The van der Waals surface area contributed by atoms with Gasteiger partial charge in [-0.15, -0.1) is 11.8 Å². The molecule has 0 aliphatic carbocycles. The summed E-state index contributed by atoms with van der Waals surface area (Å²) in [5, 5.41) is 9.85. The van der Waals surface area contributed by atoms with Gasteiger partial charge in [0.2, 0.25) is 0 Å². The van der Waals surface area contributed by atoms with Crippen LogP contribution >= 0.6 is 11.8 Å². The van der Waals surface area contributed by atoms with Crippen molar-refractivity contribution >= 4 is 11.8 Å². The Balaban J connectivity index is 2.68. The van der Waals surface area contributed by atoms with Gasteiger partial charge in [0.05, 0.1) is 6.10 Å². The molecule has 0 fully saturated rings. The number of benzene rings is 1. The maximum Gasteiger partial charge on any atom is 0.0798 e. The Morgan fingerprint density at radius 3 is 2.67 bits per heavy atom. The fraction of sp³-hybridized carbons (Fsp3) is 0.538. The Labute approximate surface area is 96.9 Å². The van der Waals surface area contributed by atoms with Gasteiger partial charge in [0.25, 0.3) is 0 Å². The van der Waals surface area contributed by atoms with Crippen LogP contribution in [0.2, 0.25) is 0 Å². The molecule has 0 radical (unpaired) electrons. The molecule has 0 saturated heterocycles. The lowest BCUT2D eigenvalue weighted by molar-refractivity contribution is 0.171. The number of aliphatic hydroxyl groups is 1.